The summed E-state index contributed by atoms with van der Waals surface area (Å²) in [5.41, 5.74) is 14.9. The molecule has 0 bridgehead atoms. The molecule has 5 nitrogen and oxygen atoms in total. The van der Waals surface area contributed by atoms with Crippen LogP contribution in [0.25, 0.3) is 61.0 Å². The molecule has 1 spiro atoms. The minimum Gasteiger partial charge on any atom is -0.0622 e. The number of hydrogen-bond acceptors (Lipinski definition) is 4. The quantitative estimate of drug-likeness (QED) is 0.146. The van der Waals surface area contributed by atoms with E-state index in [9.17, 15) is 0 Å². The molecule has 11 aromatic rings. The average molecular weight is 970 g/mol. The van der Waals surface area contributed by atoms with E-state index in [1.165, 1.54) is 62.0 Å². The van der Waals surface area contributed by atoms with E-state index in [0.717, 1.165) is 56.7 Å². The van der Waals surface area contributed by atoms with E-state index < -0.39 is 12.8 Å². The van der Waals surface area contributed by atoms with E-state index in [1.807, 2.05) is 6.20 Å². The minimum atomic E-state index is -3.05. The van der Waals surface area contributed by atoms with Crippen molar-refractivity contribution in [3.8, 4) is 50.7 Å². The smallest absolute Gasteiger partial charge is 0.0622 e. The first kappa shape index (κ1) is 42.0. The number of para-hydroxylation sites is 3. The van der Waals surface area contributed by atoms with Crippen LogP contribution >= 0.6 is 0 Å². The first-order valence-corrected chi connectivity index (χ1v) is 27.4. The fraction of sp³-hybridized carbons (Fsp3) is 0.0781. The van der Waals surface area contributed by atoms with Crippen LogP contribution in [-0.4, -0.2) is 29.4 Å². The summed E-state index contributed by atoms with van der Waals surface area (Å²) < 4.78 is 15.3. The van der Waals surface area contributed by atoms with Gasteiger partial charge in [-0.3, -0.25) is 0 Å². The zero-order valence-electron chi connectivity index (χ0n) is 39.5. The van der Waals surface area contributed by atoms with E-state index >= 15 is 0 Å². The van der Waals surface area contributed by atoms with Crippen LogP contribution in [0.4, 0.5) is 22.7 Å². The van der Waals surface area contributed by atoms with Crippen molar-refractivity contribution in [2.24, 2.45) is 0 Å². The van der Waals surface area contributed by atoms with Gasteiger partial charge in [-0.1, -0.05) is 78.9 Å². The molecule has 0 aliphatic carbocycles. The molecule has 338 valence electrons. The second-order valence-electron chi connectivity index (χ2n) is 19.3. The molecule has 0 atom stereocenters. The van der Waals surface area contributed by atoms with Crippen LogP contribution in [0.2, 0.25) is 0 Å². The molecule has 0 radical (unpaired) electrons. The summed E-state index contributed by atoms with van der Waals surface area (Å²) in [5, 5.41) is 6.47. The molecule has 6 heteroatoms. The number of anilines is 4. The molecule has 0 unspecified atom stereocenters. The maximum absolute atomic E-state index is 7.15. The topological polar surface area (TPSA) is 42.3 Å². The van der Waals surface area contributed by atoms with Crippen molar-refractivity contribution in [2.45, 2.75) is 26.2 Å². The average Bonchev–Trinajstić information content (AvgIpc) is 4.01. The van der Waals surface area contributed by atoms with Gasteiger partial charge in [-0.25, -0.2) is 0 Å². The molecule has 2 aliphatic rings. The normalized spacial score (nSPS) is 13.4. The predicted molar refractivity (Wildman–Crippen MR) is 295 cm³/mol. The first-order chi connectivity index (χ1) is 34.3. The molecule has 0 amide bonds. The molecule has 2 aliphatic heterocycles. The Morgan fingerprint density at radius 3 is 1.79 bits per heavy atom. The van der Waals surface area contributed by atoms with Gasteiger partial charge in [0.1, 0.15) is 0 Å². The summed E-state index contributed by atoms with van der Waals surface area (Å²) >= 11 is -3.05. The van der Waals surface area contributed by atoms with Gasteiger partial charge in [0.25, 0.3) is 0 Å². The van der Waals surface area contributed by atoms with Crippen LogP contribution in [0.1, 0.15) is 26.3 Å². The molecule has 4 heterocycles. The Morgan fingerprint density at radius 1 is 0.500 bits per heavy atom. The molecule has 0 saturated carbocycles. The first-order valence-electron chi connectivity index (χ1n) is 24.0. The van der Waals surface area contributed by atoms with Crippen molar-refractivity contribution >= 4 is 75.2 Å². The Morgan fingerprint density at radius 2 is 1.09 bits per heavy atom. The number of nitrogens with one attached hydrogen (secondary N) is 1. The van der Waals surface area contributed by atoms with Crippen LogP contribution in [0.5, 0.6) is 11.5 Å². The Hall–Kier alpha value is -8.15. The Bertz CT molecular complexity index is 3750. The summed E-state index contributed by atoms with van der Waals surface area (Å²) in [6.07, 6.45) is 1.96. The number of fused-ring (bicyclic) bond motifs is 7. The molecule has 13 rings (SSSR count). The number of benzene rings is 9. The van der Waals surface area contributed by atoms with Crippen LogP contribution in [0.3, 0.4) is 0 Å². The van der Waals surface area contributed by atoms with Crippen molar-refractivity contribution in [3.05, 3.63) is 230 Å². The number of rotatable bonds is 9. The van der Waals surface area contributed by atoms with E-state index in [0.29, 0.717) is 0 Å². The molecule has 0 saturated heterocycles. The standard InChI is InChI=1S/C64H50N4OSe/c1-64(2,3)44-36-37-65-60(38-44)68-54-32-19-35-58-61(54)62-55(68)40-47(41-59(62)70(58)56-33-15-11-26-50(56)51-27-12-16-34-57(51)70)69-46-25-17-24-45(39-46)66-52-30-13-14-31-53(52)67(4)63-48(42-20-7-5-8-21-42)28-18-29-49(63)43-22-9-6-10-23-43/h5-41,66H,1-4H3. The zero-order valence-corrected chi connectivity index (χ0v) is 41.2. The van der Waals surface area contributed by atoms with Gasteiger partial charge >= 0.3 is 313 Å². The fourth-order valence-electron chi connectivity index (χ4n) is 11.1. The number of ether oxygens (including phenoxy) is 1. The number of aromatic nitrogens is 2. The molecule has 0 fully saturated rings. The summed E-state index contributed by atoms with van der Waals surface area (Å²) in [4.78, 5) is 7.39. The van der Waals surface area contributed by atoms with Gasteiger partial charge in [0.15, 0.2) is 0 Å². The van der Waals surface area contributed by atoms with Crippen LogP contribution in [-0.2, 0) is 5.41 Å². The molecular weight excluding hydrogens is 920 g/mol. The maximum atomic E-state index is 7.15. The third kappa shape index (κ3) is 6.48. The second-order valence-corrected chi connectivity index (χ2v) is 25.6. The molecule has 1 N–H and O–H groups in total. The van der Waals surface area contributed by atoms with E-state index in [-0.39, 0.29) is 5.41 Å². The van der Waals surface area contributed by atoms with Crippen molar-refractivity contribution in [3.63, 3.8) is 0 Å². The van der Waals surface area contributed by atoms with Gasteiger partial charge in [0.05, 0.1) is 0 Å². The fourth-order valence-corrected chi connectivity index (χ4v) is 20.7. The molecular formula is C64H50N4OSe. The Kier molecular flexibility index (Phi) is 9.74. The van der Waals surface area contributed by atoms with Crippen molar-refractivity contribution in [1.82, 2.24) is 9.55 Å². The molecule has 9 aromatic carbocycles. The summed E-state index contributed by atoms with van der Waals surface area (Å²) in [6, 6.07) is 79.1. The Balaban J connectivity index is 0.932. The zero-order chi connectivity index (χ0) is 47.1. The van der Waals surface area contributed by atoms with E-state index in [1.54, 1.807) is 0 Å². The summed E-state index contributed by atoms with van der Waals surface area (Å²) in [5.74, 6) is 2.47. The van der Waals surface area contributed by atoms with Gasteiger partial charge in [-0.2, -0.15) is 0 Å². The molecule has 70 heavy (non-hydrogen) atoms. The van der Waals surface area contributed by atoms with Crippen molar-refractivity contribution < 1.29 is 4.74 Å². The Labute approximate surface area is 411 Å². The number of hydrogen-bond donors (Lipinski definition) is 1. The van der Waals surface area contributed by atoms with Gasteiger partial charge in [0.2, 0.25) is 0 Å². The van der Waals surface area contributed by atoms with Gasteiger partial charge in [0, 0.05) is 11.1 Å². The van der Waals surface area contributed by atoms with Crippen molar-refractivity contribution in [2.75, 3.05) is 17.3 Å². The van der Waals surface area contributed by atoms with Crippen molar-refractivity contribution in [1.29, 1.82) is 0 Å². The number of pyridine rings is 1. The van der Waals surface area contributed by atoms with Gasteiger partial charge in [-0.15, -0.1) is 0 Å². The third-order valence-corrected chi connectivity index (χ3v) is 22.6. The van der Waals surface area contributed by atoms with Crippen LogP contribution in [0, 0.1) is 0 Å². The monoisotopic (exact) mass is 970 g/mol. The van der Waals surface area contributed by atoms with E-state index in [4.69, 9.17) is 9.72 Å². The van der Waals surface area contributed by atoms with E-state index in [2.05, 4.69) is 261 Å². The van der Waals surface area contributed by atoms with Gasteiger partial charge < -0.3 is 0 Å². The summed E-state index contributed by atoms with van der Waals surface area (Å²) in [6.45, 7) is 6.79. The third-order valence-electron chi connectivity index (χ3n) is 14.2. The van der Waals surface area contributed by atoms with Gasteiger partial charge in [-0.05, 0) is 11.1 Å². The molecule has 2 aromatic heterocycles. The van der Waals surface area contributed by atoms with Crippen LogP contribution < -0.4 is 32.8 Å². The SMILES string of the molecule is CN(c1ccccc1Nc1cccc(Oc2cc3c4c5c(cccc5n(-c5cc(C(C)(C)C)ccn5)c4c2)[Se]32c3ccccc3-c3ccccc32)c1)c1c(-c2ccccc2)cccc1-c1ccccc1. The predicted octanol–water partition coefficient (Wildman–Crippen LogP) is 13.8. The number of nitrogens with zero attached hydrogens (tertiary/aromatic N) is 3. The second kappa shape index (κ2) is 16.2. The van der Waals surface area contributed by atoms with Crippen LogP contribution in [0.15, 0.2) is 225 Å². The summed E-state index contributed by atoms with van der Waals surface area (Å²) in [7, 11) is 2.17. The minimum absolute atomic E-state index is 0.0417.